The van der Waals surface area contributed by atoms with Gasteiger partial charge < -0.3 is 15.1 Å². The fraction of sp³-hybridized carbons (Fsp3) is 0.450. The molecule has 1 fully saturated rings. The maximum Gasteiger partial charge on any atom is 0.269 e. The summed E-state index contributed by atoms with van der Waals surface area (Å²) in [7, 11) is 1.73. The zero-order valence-corrected chi connectivity index (χ0v) is 16.1. The molecule has 2 N–H and O–H groups in total. The molecule has 0 saturated carbocycles. The van der Waals surface area contributed by atoms with Gasteiger partial charge in [0.1, 0.15) is 5.76 Å². The number of hydrogen-bond acceptors (Lipinski definition) is 5. The number of likely N-dealkylation sites (tertiary alicyclic amines) is 1. The monoisotopic (exact) mass is 385 g/mol. The Balaban J connectivity index is 1.56. The van der Waals surface area contributed by atoms with Gasteiger partial charge in [-0.25, -0.2) is 0 Å². The Morgan fingerprint density at radius 1 is 1.21 bits per heavy atom. The highest BCUT2D eigenvalue weighted by Crippen LogP contribution is 2.24. The molecule has 0 spiro atoms. The minimum absolute atomic E-state index is 0.0917. The Hall–Kier alpha value is -2.87. The first kappa shape index (κ1) is 19.9. The van der Waals surface area contributed by atoms with Crippen LogP contribution in [-0.4, -0.2) is 42.5 Å². The van der Waals surface area contributed by atoms with E-state index in [4.69, 9.17) is 4.42 Å². The summed E-state index contributed by atoms with van der Waals surface area (Å²) in [6, 6.07) is 10.6. The van der Waals surface area contributed by atoms with Crippen molar-refractivity contribution < 1.29 is 9.34 Å². The summed E-state index contributed by atoms with van der Waals surface area (Å²) in [5.74, 6) is 1.65. The third-order valence-electron chi connectivity index (χ3n) is 5.00. The number of aliphatic imine (C=N–C) groups is 1. The zero-order valence-electron chi connectivity index (χ0n) is 16.1. The summed E-state index contributed by atoms with van der Waals surface area (Å²) in [6.45, 7) is 3.37. The molecule has 8 heteroatoms. The maximum atomic E-state index is 10.8. The average molecular weight is 385 g/mol. The largest absolute Gasteiger partial charge is 0.468 e. The van der Waals surface area contributed by atoms with Gasteiger partial charge in [-0.05, 0) is 43.6 Å². The third-order valence-corrected chi connectivity index (χ3v) is 5.00. The van der Waals surface area contributed by atoms with E-state index >= 15 is 0 Å². The Morgan fingerprint density at radius 3 is 2.57 bits per heavy atom. The first-order valence-corrected chi connectivity index (χ1v) is 9.62. The van der Waals surface area contributed by atoms with Crippen LogP contribution in [0.1, 0.15) is 36.6 Å². The lowest BCUT2D eigenvalue weighted by Crippen LogP contribution is -2.44. The molecule has 2 heterocycles. The van der Waals surface area contributed by atoms with Crippen molar-refractivity contribution in [1.29, 1.82) is 0 Å². The number of hydrogen-bond donors (Lipinski definition) is 2. The molecule has 1 aliphatic rings. The number of guanidine groups is 1. The summed E-state index contributed by atoms with van der Waals surface area (Å²) in [6.07, 6.45) is 5.43. The normalized spacial score (nSPS) is 16.5. The predicted octanol–water partition coefficient (Wildman–Crippen LogP) is 3.08. The number of nitro benzene ring substituents is 1. The Labute approximate surface area is 164 Å². The number of benzene rings is 1. The van der Waals surface area contributed by atoms with Crippen LogP contribution >= 0.6 is 0 Å². The molecule has 1 aromatic heterocycles. The van der Waals surface area contributed by atoms with E-state index in [9.17, 15) is 10.1 Å². The molecular weight excluding hydrogens is 358 g/mol. The molecule has 0 amide bonds. The molecule has 1 atom stereocenters. The molecular formula is C20H27N5O3. The van der Waals surface area contributed by atoms with Gasteiger partial charge in [0.25, 0.3) is 5.69 Å². The van der Waals surface area contributed by atoms with E-state index < -0.39 is 4.92 Å². The van der Waals surface area contributed by atoms with Crippen LogP contribution in [0.5, 0.6) is 0 Å². The van der Waals surface area contributed by atoms with E-state index in [1.165, 1.54) is 31.4 Å². The van der Waals surface area contributed by atoms with Crippen LogP contribution in [0, 0.1) is 10.1 Å². The first-order chi connectivity index (χ1) is 13.7. The van der Waals surface area contributed by atoms with Crippen molar-refractivity contribution in [3.63, 3.8) is 0 Å². The third kappa shape index (κ3) is 5.32. The fourth-order valence-corrected chi connectivity index (χ4v) is 3.46. The predicted molar refractivity (Wildman–Crippen MR) is 108 cm³/mol. The number of nitrogens with zero attached hydrogens (tertiary/aromatic N) is 3. The lowest BCUT2D eigenvalue weighted by Gasteiger charge is -2.33. The lowest BCUT2D eigenvalue weighted by molar-refractivity contribution is -0.384. The molecule has 150 valence electrons. The van der Waals surface area contributed by atoms with Crippen LogP contribution in [0.4, 0.5) is 5.69 Å². The van der Waals surface area contributed by atoms with Crippen LogP contribution in [-0.2, 0) is 6.54 Å². The van der Waals surface area contributed by atoms with Gasteiger partial charge in [-0.2, -0.15) is 0 Å². The van der Waals surface area contributed by atoms with Gasteiger partial charge in [0, 0.05) is 32.3 Å². The summed E-state index contributed by atoms with van der Waals surface area (Å²) in [4.78, 5) is 17.1. The smallest absolute Gasteiger partial charge is 0.269 e. The summed E-state index contributed by atoms with van der Waals surface area (Å²) >= 11 is 0. The van der Waals surface area contributed by atoms with Crippen LogP contribution in [0.15, 0.2) is 52.1 Å². The van der Waals surface area contributed by atoms with Crippen molar-refractivity contribution in [3.05, 3.63) is 64.1 Å². The molecule has 8 nitrogen and oxygen atoms in total. The number of nitro groups is 1. The summed E-state index contributed by atoms with van der Waals surface area (Å²) in [5, 5.41) is 17.4. The Bertz CT molecular complexity index is 768. The Morgan fingerprint density at radius 2 is 1.96 bits per heavy atom. The number of rotatable bonds is 7. The molecule has 1 aromatic carbocycles. The van der Waals surface area contributed by atoms with Gasteiger partial charge in [0.15, 0.2) is 5.96 Å². The Kier molecular flexibility index (Phi) is 7.02. The van der Waals surface area contributed by atoms with Crippen LogP contribution < -0.4 is 10.6 Å². The fourth-order valence-electron chi connectivity index (χ4n) is 3.46. The average Bonchev–Trinajstić information content (AvgIpc) is 3.26. The molecule has 2 aromatic rings. The van der Waals surface area contributed by atoms with E-state index in [0.717, 1.165) is 24.4 Å². The lowest BCUT2D eigenvalue weighted by atomic mass is 10.1. The highest BCUT2D eigenvalue weighted by Gasteiger charge is 2.24. The van der Waals surface area contributed by atoms with E-state index in [0.29, 0.717) is 19.0 Å². The highest BCUT2D eigenvalue weighted by molar-refractivity contribution is 5.79. The molecule has 3 rings (SSSR count). The molecule has 1 unspecified atom stereocenters. The van der Waals surface area contributed by atoms with Crippen molar-refractivity contribution in [3.8, 4) is 0 Å². The summed E-state index contributed by atoms with van der Waals surface area (Å²) in [5.41, 5.74) is 1.04. The second-order valence-electron chi connectivity index (χ2n) is 6.86. The minimum atomic E-state index is -0.396. The maximum absolute atomic E-state index is 10.8. The molecule has 1 aliphatic heterocycles. The standard InChI is InChI=1S/C20H27N5O3/c1-21-20(22-14-16-7-9-17(10-8-16)25(26)27)23-15-18(19-6-5-13-28-19)24-11-3-2-4-12-24/h5-10,13,18H,2-4,11-12,14-15H2,1H3,(H2,21,22,23). The van der Waals surface area contributed by atoms with E-state index in [-0.39, 0.29) is 11.7 Å². The van der Waals surface area contributed by atoms with E-state index in [2.05, 4.69) is 20.5 Å². The van der Waals surface area contributed by atoms with Crippen molar-refractivity contribution in [2.75, 3.05) is 26.7 Å². The molecule has 28 heavy (non-hydrogen) atoms. The van der Waals surface area contributed by atoms with Crippen molar-refractivity contribution >= 4 is 11.6 Å². The van der Waals surface area contributed by atoms with Crippen LogP contribution in [0.25, 0.3) is 0 Å². The van der Waals surface area contributed by atoms with Crippen molar-refractivity contribution in [2.45, 2.75) is 31.8 Å². The van der Waals surface area contributed by atoms with E-state index in [1.54, 1.807) is 25.4 Å². The van der Waals surface area contributed by atoms with Gasteiger partial charge in [0.05, 0.1) is 17.2 Å². The second kappa shape index (κ2) is 9.89. The molecule has 0 radical (unpaired) electrons. The summed E-state index contributed by atoms with van der Waals surface area (Å²) < 4.78 is 5.68. The van der Waals surface area contributed by atoms with Gasteiger partial charge in [0.2, 0.25) is 0 Å². The molecule has 0 bridgehead atoms. The van der Waals surface area contributed by atoms with Crippen molar-refractivity contribution in [1.82, 2.24) is 15.5 Å². The SMILES string of the molecule is CN=C(NCc1ccc([N+](=O)[O-])cc1)NCC(c1ccco1)N1CCCCC1. The van der Waals surface area contributed by atoms with Gasteiger partial charge in [-0.1, -0.05) is 18.6 Å². The van der Waals surface area contributed by atoms with Gasteiger partial charge in [-0.3, -0.25) is 20.0 Å². The van der Waals surface area contributed by atoms with E-state index in [1.807, 2.05) is 12.1 Å². The van der Waals surface area contributed by atoms with Crippen LogP contribution in [0.3, 0.4) is 0 Å². The number of nitrogens with one attached hydrogen (secondary N) is 2. The van der Waals surface area contributed by atoms with Gasteiger partial charge >= 0.3 is 0 Å². The highest BCUT2D eigenvalue weighted by atomic mass is 16.6. The second-order valence-corrected chi connectivity index (χ2v) is 6.86. The number of furan rings is 1. The zero-order chi connectivity index (χ0) is 19.8. The molecule has 1 saturated heterocycles. The topological polar surface area (TPSA) is 95.9 Å². The van der Waals surface area contributed by atoms with Gasteiger partial charge in [-0.15, -0.1) is 0 Å². The first-order valence-electron chi connectivity index (χ1n) is 9.62. The number of non-ortho nitro benzene ring substituents is 1. The number of piperidine rings is 1. The minimum Gasteiger partial charge on any atom is -0.468 e. The van der Waals surface area contributed by atoms with Crippen LogP contribution in [0.2, 0.25) is 0 Å². The van der Waals surface area contributed by atoms with Crippen molar-refractivity contribution in [2.24, 2.45) is 4.99 Å². The molecule has 0 aliphatic carbocycles. The quantitative estimate of drug-likeness (QED) is 0.329.